The molecule has 0 saturated carbocycles. The fourth-order valence-electron chi connectivity index (χ4n) is 1.38. The van der Waals surface area contributed by atoms with Crippen molar-refractivity contribution in [2.45, 2.75) is 13.8 Å². The van der Waals surface area contributed by atoms with Crippen molar-refractivity contribution in [3.63, 3.8) is 0 Å². The van der Waals surface area contributed by atoms with Gasteiger partial charge >= 0.3 is 5.69 Å². The zero-order valence-corrected chi connectivity index (χ0v) is 8.52. The Labute approximate surface area is 89.3 Å². The molecule has 0 aliphatic rings. The molecular formula is C7H7N7O2. The lowest BCUT2D eigenvalue weighted by atomic mass is 10.3. The first-order chi connectivity index (χ1) is 7.61. The summed E-state index contributed by atoms with van der Waals surface area (Å²) in [6, 6.07) is 0. The van der Waals surface area contributed by atoms with Gasteiger partial charge in [0.1, 0.15) is 11.4 Å². The van der Waals surface area contributed by atoms with Gasteiger partial charge in [0.15, 0.2) is 6.33 Å². The van der Waals surface area contributed by atoms with E-state index in [2.05, 4.69) is 25.5 Å². The standard InChI is InChI=1S/C7H7N7O2/c1-4-6(14(15)16)5(2)13(12-4)7-10-8-3-9-11-7/h3H,1-2H3. The number of hydrogen-bond donors (Lipinski definition) is 0. The third-order valence-electron chi connectivity index (χ3n) is 2.02. The van der Waals surface area contributed by atoms with Crippen LogP contribution < -0.4 is 0 Å². The highest BCUT2D eigenvalue weighted by atomic mass is 16.6. The second-order valence-corrected chi connectivity index (χ2v) is 3.03. The van der Waals surface area contributed by atoms with Crippen molar-refractivity contribution in [2.24, 2.45) is 0 Å². The van der Waals surface area contributed by atoms with E-state index in [9.17, 15) is 10.1 Å². The average molecular weight is 221 g/mol. The molecule has 0 spiro atoms. The number of rotatable bonds is 2. The van der Waals surface area contributed by atoms with E-state index >= 15 is 0 Å². The Hall–Kier alpha value is -2.45. The van der Waals surface area contributed by atoms with Crippen molar-refractivity contribution in [2.75, 3.05) is 0 Å². The maximum Gasteiger partial charge on any atom is 0.313 e. The number of aromatic nitrogens is 6. The van der Waals surface area contributed by atoms with Crippen LogP contribution in [0.1, 0.15) is 11.4 Å². The SMILES string of the molecule is Cc1nn(-c2nncnn2)c(C)c1[N+](=O)[O-]. The minimum Gasteiger partial charge on any atom is -0.258 e. The van der Waals surface area contributed by atoms with E-state index in [-0.39, 0.29) is 11.6 Å². The Morgan fingerprint density at radius 3 is 2.44 bits per heavy atom. The van der Waals surface area contributed by atoms with Crippen LogP contribution in [0.2, 0.25) is 0 Å². The van der Waals surface area contributed by atoms with Crippen molar-refractivity contribution < 1.29 is 4.92 Å². The Morgan fingerprint density at radius 1 is 1.31 bits per heavy atom. The summed E-state index contributed by atoms with van der Waals surface area (Å²) in [5.41, 5.74) is 0.597. The summed E-state index contributed by atoms with van der Waals surface area (Å²) in [6.07, 6.45) is 1.17. The highest BCUT2D eigenvalue weighted by Crippen LogP contribution is 2.22. The van der Waals surface area contributed by atoms with E-state index in [4.69, 9.17) is 0 Å². The number of aryl methyl sites for hydroxylation is 1. The number of hydrogen-bond acceptors (Lipinski definition) is 7. The minimum atomic E-state index is -0.488. The van der Waals surface area contributed by atoms with Crippen LogP contribution in [0, 0.1) is 24.0 Å². The van der Waals surface area contributed by atoms with Crippen molar-refractivity contribution in [1.29, 1.82) is 0 Å². The molecule has 2 aromatic rings. The summed E-state index contributed by atoms with van der Waals surface area (Å²) in [5, 5.41) is 29.2. The lowest BCUT2D eigenvalue weighted by molar-refractivity contribution is -0.386. The molecule has 0 aromatic carbocycles. The third-order valence-corrected chi connectivity index (χ3v) is 2.02. The fraction of sp³-hybridized carbons (Fsp3) is 0.286. The van der Waals surface area contributed by atoms with Crippen molar-refractivity contribution in [3.05, 3.63) is 27.8 Å². The Kier molecular flexibility index (Phi) is 2.27. The lowest BCUT2D eigenvalue weighted by Crippen LogP contribution is -2.07. The summed E-state index contributed by atoms with van der Waals surface area (Å²) in [6.45, 7) is 3.11. The summed E-state index contributed by atoms with van der Waals surface area (Å²) in [4.78, 5) is 10.3. The maximum absolute atomic E-state index is 10.8. The van der Waals surface area contributed by atoms with Crippen molar-refractivity contribution in [3.8, 4) is 5.95 Å². The van der Waals surface area contributed by atoms with Gasteiger partial charge < -0.3 is 0 Å². The zero-order valence-electron chi connectivity index (χ0n) is 8.52. The van der Waals surface area contributed by atoms with Gasteiger partial charge in [0.05, 0.1) is 4.92 Å². The molecular weight excluding hydrogens is 214 g/mol. The van der Waals surface area contributed by atoms with Gasteiger partial charge in [0.2, 0.25) is 0 Å². The molecule has 0 atom stereocenters. The summed E-state index contributed by atoms with van der Waals surface area (Å²) < 4.78 is 1.24. The molecule has 2 aromatic heterocycles. The summed E-state index contributed by atoms with van der Waals surface area (Å²) in [5.74, 6) is 0.108. The van der Waals surface area contributed by atoms with Crippen molar-refractivity contribution >= 4 is 5.69 Å². The van der Waals surface area contributed by atoms with Crippen LogP contribution in [-0.2, 0) is 0 Å². The molecule has 2 heterocycles. The molecule has 0 amide bonds. The molecule has 0 bridgehead atoms. The van der Waals surface area contributed by atoms with Crippen LogP contribution in [0.3, 0.4) is 0 Å². The smallest absolute Gasteiger partial charge is 0.258 e. The molecule has 9 heteroatoms. The van der Waals surface area contributed by atoms with Gasteiger partial charge in [0.25, 0.3) is 5.95 Å². The first-order valence-electron chi connectivity index (χ1n) is 4.32. The molecule has 82 valence electrons. The van der Waals surface area contributed by atoms with E-state index in [1.165, 1.54) is 11.0 Å². The lowest BCUT2D eigenvalue weighted by Gasteiger charge is -1.97. The molecule has 16 heavy (non-hydrogen) atoms. The monoisotopic (exact) mass is 221 g/mol. The fourth-order valence-corrected chi connectivity index (χ4v) is 1.38. The average Bonchev–Trinajstić information content (AvgIpc) is 2.55. The van der Waals surface area contributed by atoms with E-state index in [0.717, 1.165) is 0 Å². The molecule has 0 N–H and O–H groups in total. The molecule has 2 rings (SSSR count). The van der Waals surface area contributed by atoms with Crippen LogP contribution in [0.4, 0.5) is 5.69 Å². The number of nitrogens with zero attached hydrogens (tertiary/aromatic N) is 7. The first kappa shape index (κ1) is 10.1. The molecule has 0 saturated heterocycles. The van der Waals surface area contributed by atoms with E-state index in [1.807, 2.05) is 0 Å². The van der Waals surface area contributed by atoms with E-state index in [0.29, 0.717) is 11.4 Å². The van der Waals surface area contributed by atoms with Gasteiger partial charge in [-0.15, -0.1) is 20.4 Å². The minimum absolute atomic E-state index is 0.0487. The van der Waals surface area contributed by atoms with Gasteiger partial charge in [-0.1, -0.05) is 0 Å². The van der Waals surface area contributed by atoms with E-state index < -0.39 is 4.92 Å². The number of nitro groups is 1. The summed E-state index contributed by atoms with van der Waals surface area (Å²) in [7, 11) is 0. The molecule has 0 aliphatic carbocycles. The molecule has 0 fully saturated rings. The molecule has 0 unspecified atom stereocenters. The quantitative estimate of drug-likeness (QED) is 0.517. The summed E-state index contributed by atoms with van der Waals surface area (Å²) >= 11 is 0. The van der Waals surface area contributed by atoms with Crippen molar-refractivity contribution in [1.82, 2.24) is 30.2 Å². The van der Waals surface area contributed by atoms with Gasteiger partial charge in [-0.05, 0) is 13.8 Å². The molecule has 0 aliphatic heterocycles. The Bertz CT molecular complexity index is 535. The second-order valence-electron chi connectivity index (χ2n) is 3.03. The largest absolute Gasteiger partial charge is 0.313 e. The highest BCUT2D eigenvalue weighted by Gasteiger charge is 2.23. The third kappa shape index (κ3) is 1.47. The van der Waals surface area contributed by atoms with Crippen LogP contribution in [0.25, 0.3) is 5.95 Å². The predicted molar refractivity (Wildman–Crippen MR) is 50.9 cm³/mol. The Balaban J connectivity index is 2.61. The predicted octanol–water partition coefficient (Wildman–Crippen LogP) is -0.0227. The highest BCUT2D eigenvalue weighted by molar-refractivity contribution is 5.41. The molecule has 9 nitrogen and oxygen atoms in total. The maximum atomic E-state index is 10.8. The van der Waals surface area contributed by atoms with Crippen LogP contribution >= 0.6 is 0 Å². The van der Waals surface area contributed by atoms with Gasteiger partial charge in [-0.2, -0.15) is 9.78 Å². The second kappa shape index (κ2) is 3.61. The van der Waals surface area contributed by atoms with Gasteiger partial charge in [-0.3, -0.25) is 10.1 Å². The van der Waals surface area contributed by atoms with Crippen LogP contribution in [0.5, 0.6) is 0 Å². The normalized spacial score (nSPS) is 10.4. The first-order valence-corrected chi connectivity index (χ1v) is 4.32. The van der Waals surface area contributed by atoms with Crippen LogP contribution in [-0.4, -0.2) is 35.1 Å². The van der Waals surface area contributed by atoms with Gasteiger partial charge in [-0.25, -0.2) is 0 Å². The zero-order chi connectivity index (χ0) is 11.7. The molecule has 0 radical (unpaired) electrons. The van der Waals surface area contributed by atoms with Gasteiger partial charge in [0, 0.05) is 0 Å². The topological polar surface area (TPSA) is 113 Å². The Morgan fingerprint density at radius 2 is 1.94 bits per heavy atom. The van der Waals surface area contributed by atoms with E-state index in [1.54, 1.807) is 13.8 Å². The van der Waals surface area contributed by atoms with Crippen LogP contribution in [0.15, 0.2) is 6.33 Å².